The highest BCUT2D eigenvalue weighted by Crippen LogP contribution is 2.54. The lowest BCUT2D eigenvalue weighted by Gasteiger charge is -2.05. The lowest BCUT2D eigenvalue weighted by molar-refractivity contribution is 0.228. The monoisotopic (exact) mass is 159 g/mol. The van der Waals surface area contributed by atoms with Crippen molar-refractivity contribution >= 4 is 18.4 Å². The molecule has 6 N–H and O–H groups in total. The molecule has 0 aromatic rings. The Kier molecular flexibility index (Phi) is 3.58. The van der Waals surface area contributed by atoms with E-state index in [-0.39, 0.29) is 0 Å². The predicted octanol–water partition coefficient (Wildman–Crippen LogP) is -0.518. The minimum Gasteiger partial charge on any atom is -0.268 e. The van der Waals surface area contributed by atoms with Crippen LogP contribution < -0.4 is 16.9 Å². The van der Waals surface area contributed by atoms with E-state index in [0.29, 0.717) is 11.6 Å². The van der Waals surface area contributed by atoms with Gasteiger partial charge in [0.05, 0.1) is 0 Å². The molecule has 0 bridgehead atoms. The first kappa shape index (κ1) is 8.38. The summed E-state index contributed by atoms with van der Waals surface area (Å²) in [7, 11) is 0. The molecule has 6 nitrogen and oxygen atoms in total. The standard InChI is InChI=1S/H6N3O3PS/c1-5-7(4,6-2)8-3/h1-3H2. The van der Waals surface area contributed by atoms with Gasteiger partial charge in [0.1, 0.15) is 0 Å². The van der Waals surface area contributed by atoms with E-state index in [4.69, 9.17) is 5.14 Å². The molecule has 0 saturated heterocycles. The van der Waals surface area contributed by atoms with Crippen molar-refractivity contribution < 1.29 is 13.8 Å². The zero-order chi connectivity index (χ0) is 6.62. The Bertz CT molecular complexity index is 85.7. The summed E-state index contributed by atoms with van der Waals surface area (Å²) in [5, 5.41) is 4.77. The Balaban J connectivity index is 3.79. The molecule has 0 spiro atoms. The van der Waals surface area contributed by atoms with E-state index in [1.165, 1.54) is 0 Å². The molecule has 0 aliphatic carbocycles. The van der Waals surface area contributed by atoms with E-state index in [0.717, 1.165) is 0 Å². The fourth-order valence-corrected chi connectivity index (χ4v) is 0.522. The lowest BCUT2D eigenvalue weighted by Crippen LogP contribution is -2.03. The Morgan fingerprint density at radius 1 is 1.38 bits per heavy atom. The van der Waals surface area contributed by atoms with Crippen molar-refractivity contribution in [3.8, 4) is 0 Å². The van der Waals surface area contributed by atoms with Crippen molar-refractivity contribution in [3.63, 3.8) is 0 Å². The largest absolute Gasteiger partial charge is 0.435 e. The van der Waals surface area contributed by atoms with Crippen LogP contribution in [0, 0.1) is 0 Å². The van der Waals surface area contributed by atoms with E-state index < -0.39 is 6.80 Å². The van der Waals surface area contributed by atoms with Gasteiger partial charge < -0.3 is 0 Å². The summed E-state index contributed by atoms with van der Waals surface area (Å²) in [6.45, 7) is -3.41. The second kappa shape index (κ2) is 3.41. The number of hydrogen-bond acceptors (Lipinski definition) is 7. The van der Waals surface area contributed by atoms with Gasteiger partial charge in [-0.2, -0.15) is 0 Å². The Labute approximate surface area is 50.0 Å². The third-order valence-corrected chi connectivity index (χ3v) is 2.45. The van der Waals surface area contributed by atoms with E-state index in [1.54, 1.807) is 0 Å². The van der Waals surface area contributed by atoms with Gasteiger partial charge in [-0.15, -0.1) is 0 Å². The minimum atomic E-state index is -3.41. The molecular formula is H6N3O3PS. The van der Waals surface area contributed by atoms with Crippen LogP contribution in [-0.4, -0.2) is 0 Å². The smallest absolute Gasteiger partial charge is 0.268 e. The molecule has 50 valence electrons. The topological polar surface area (TPSA) is 114 Å². The van der Waals surface area contributed by atoms with Crippen LogP contribution in [0.5, 0.6) is 0 Å². The summed E-state index contributed by atoms with van der Waals surface area (Å²) in [4.78, 5) is 0. The van der Waals surface area contributed by atoms with Crippen molar-refractivity contribution in [2.75, 3.05) is 0 Å². The molecular weight excluding hydrogens is 153 g/mol. The molecule has 0 amide bonds. The highest BCUT2D eigenvalue weighted by atomic mass is 32.7. The summed E-state index contributed by atoms with van der Waals surface area (Å²) in [5.74, 6) is 8.92. The summed E-state index contributed by atoms with van der Waals surface area (Å²) >= 11 is 0.333. The Morgan fingerprint density at radius 2 is 1.75 bits per heavy atom. The minimum absolute atomic E-state index is 0.333. The van der Waals surface area contributed by atoms with Gasteiger partial charge in [-0.3, -0.25) is 5.14 Å². The molecule has 0 saturated carbocycles. The summed E-state index contributed by atoms with van der Waals surface area (Å²) < 4.78 is 18.0. The lowest BCUT2D eigenvalue weighted by atomic mass is 13.6. The van der Waals surface area contributed by atoms with Gasteiger partial charge in [0, 0.05) is 11.6 Å². The van der Waals surface area contributed by atoms with Crippen molar-refractivity contribution in [2.45, 2.75) is 0 Å². The highest BCUT2D eigenvalue weighted by Gasteiger charge is 2.21. The fraction of sp³-hybridized carbons (Fsp3) is 0. The van der Waals surface area contributed by atoms with E-state index >= 15 is 0 Å². The Morgan fingerprint density at radius 3 is 1.75 bits per heavy atom. The highest BCUT2D eigenvalue weighted by molar-refractivity contribution is 8.53. The third-order valence-electron chi connectivity index (χ3n) is 0.387. The fourth-order valence-electron chi connectivity index (χ4n) is 0.0745. The van der Waals surface area contributed by atoms with Crippen LogP contribution in [0.25, 0.3) is 0 Å². The average molecular weight is 159 g/mol. The molecule has 0 heterocycles. The van der Waals surface area contributed by atoms with Gasteiger partial charge in [-0.25, -0.2) is 25.6 Å². The number of hydrogen-bond donors (Lipinski definition) is 3. The van der Waals surface area contributed by atoms with Crippen molar-refractivity contribution in [2.24, 2.45) is 16.9 Å². The first-order chi connectivity index (χ1) is 3.68. The molecule has 0 aliphatic heterocycles. The van der Waals surface area contributed by atoms with Crippen LogP contribution in [0.3, 0.4) is 0 Å². The predicted molar refractivity (Wildman–Crippen MR) is 29.9 cm³/mol. The van der Waals surface area contributed by atoms with Crippen LogP contribution in [-0.2, 0) is 13.8 Å². The van der Waals surface area contributed by atoms with Crippen LogP contribution >= 0.6 is 18.4 Å². The second-order valence-electron chi connectivity index (χ2n) is 0.763. The molecule has 0 unspecified atom stereocenters. The van der Waals surface area contributed by atoms with Gasteiger partial charge in [0.25, 0.3) is 0 Å². The van der Waals surface area contributed by atoms with E-state index in [9.17, 15) is 4.57 Å². The molecule has 0 atom stereocenters. The normalized spacial score (nSPS) is 11.9. The zero-order valence-corrected chi connectivity index (χ0v) is 5.52. The van der Waals surface area contributed by atoms with Crippen molar-refractivity contribution in [1.29, 1.82) is 0 Å². The summed E-state index contributed by atoms with van der Waals surface area (Å²) in [6, 6.07) is 0. The first-order valence-corrected chi connectivity index (χ1v) is 4.46. The maximum absolute atomic E-state index is 10.5. The molecule has 0 aromatic heterocycles. The molecule has 0 aromatic carbocycles. The van der Waals surface area contributed by atoms with Crippen molar-refractivity contribution in [3.05, 3.63) is 0 Å². The molecule has 0 rings (SSSR count). The van der Waals surface area contributed by atoms with E-state index in [2.05, 4.69) is 21.0 Å². The SMILES string of the molecule is NOP(=O)(ON)SN. The van der Waals surface area contributed by atoms with Crippen LogP contribution in [0.15, 0.2) is 0 Å². The molecule has 0 radical (unpaired) electrons. The second-order valence-corrected chi connectivity index (χ2v) is 4.26. The third kappa shape index (κ3) is 2.10. The van der Waals surface area contributed by atoms with Gasteiger partial charge in [-0.05, 0) is 0 Å². The summed E-state index contributed by atoms with van der Waals surface area (Å²) in [6.07, 6.45) is 0. The van der Waals surface area contributed by atoms with E-state index in [1.807, 2.05) is 0 Å². The average Bonchev–Trinajstić information content (AvgIpc) is 1.87. The van der Waals surface area contributed by atoms with Gasteiger partial charge >= 0.3 is 6.80 Å². The number of rotatable bonds is 3. The Hall–Kier alpha value is 0.380. The molecule has 8 heavy (non-hydrogen) atoms. The van der Waals surface area contributed by atoms with Crippen molar-refractivity contribution in [1.82, 2.24) is 0 Å². The molecule has 0 fully saturated rings. The van der Waals surface area contributed by atoms with Crippen LogP contribution in [0.1, 0.15) is 0 Å². The quantitative estimate of drug-likeness (QED) is 0.288. The number of nitrogens with two attached hydrogens (primary N) is 3. The van der Waals surface area contributed by atoms with Gasteiger partial charge in [0.15, 0.2) is 0 Å². The maximum atomic E-state index is 10.5. The first-order valence-electron chi connectivity index (χ1n) is 1.44. The maximum Gasteiger partial charge on any atom is 0.435 e. The van der Waals surface area contributed by atoms with Gasteiger partial charge in [-0.1, -0.05) is 0 Å². The zero-order valence-electron chi connectivity index (χ0n) is 3.81. The van der Waals surface area contributed by atoms with Crippen LogP contribution in [0.2, 0.25) is 0 Å². The van der Waals surface area contributed by atoms with Crippen LogP contribution in [0.4, 0.5) is 0 Å². The summed E-state index contributed by atoms with van der Waals surface area (Å²) in [5.41, 5.74) is 0. The molecule has 0 aliphatic rings. The van der Waals surface area contributed by atoms with Gasteiger partial charge in [0.2, 0.25) is 0 Å². The molecule has 8 heteroatoms.